The maximum atomic E-state index is 14.4. The lowest BCUT2D eigenvalue weighted by Gasteiger charge is -2.63. The van der Waals surface area contributed by atoms with Crippen molar-refractivity contribution in [2.45, 2.75) is 87.5 Å². The summed E-state index contributed by atoms with van der Waals surface area (Å²) in [5.74, 6) is 0.448. The first-order valence-corrected chi connectivity index (χ1v) is 18.3. The number of benzene rings is 2. The molecular formula is C30H40N2O4SSi. The molecule has 3 heterocycles. The standard InChI is InChI=1S/C30H40N2O4SSi/c1-20-11-13-22(14-12-20)37(34,35)32-25-10-8-7-9-23(25)30-15-16-31-26(28(30)32)17-21(18-27(31)33)24(30)19-36-38(5,6)29(2,3)4/h7-14,21,24,26,28H,15-19H2,1-6H3/t21-,24-,26-,28-,30-/m0/s1. The number of hydrogen-bond donors (Lipinski definition) is 0. The summed E-state index contributed by atoms with van der Waals surface area (Å²) in [7, 11) is -5.90. The van der Waals surface area contributed by atoms with Gasteiger partial charge in [0.25, 0.3) is 10.0 Å². The summed E-state index contributed by atoms with van der Waals surface area (Å²) in [5, 5.41) is 0.0708. The average molecular weight is 553 g/mol. The Labute approximate surface area is 228 Å². The number of rotatable bonds is 5. The van der Waals surface area contributed by atoms with E-state index in [1.54, 1.807) is 16.4 Å². The number of piperidine rings is 2. The van der Waals surface area contributed by atoms with E-state index in [0.717, 1.165) is 29.7 Å². The Kier molecular flexibility index (Phi) is 5.78. The van der Waals surface area contributed by atoms with Gasteiger partial charge in [-0.05, 0) is 73.5 Å². The van der Waals surface area contributed by atoms with Crippen LogP contribution in [0, 0.1) is 18.8 Å². The minimum Gasteiger partial charge on any atom is -0.417 e. The Hall–Kier alpha value is -2.16. The number of nitrogens with zero attached hydrogens (tertiary/aromatic N) is 2. The second-order valence-electron chi connectivity index (χ2n) is 13.4. The third kappa shape index (κ3) is 3.52. The molecule has 0 unspecified atom stereocenters. The molecule has 6 rings (SSSR count). The molecule has 1 aliphatic carbocycles. The van der Waals surface area contributed by atoms with Crippen molar-refractivity contribution in [1.82, 2.24) is 4.90 Å². The van der Waals surface area contributed by atoms with Gasteiger partial charge in [-0.2, -0.15) is 0 Å². The van der Waals surface area contributed by atoms with Crippen LogP contribution in [0.4, 0.5) is 5.69 Å². The number of fused-ring (bicyclic) bond motifs is 2. The summed E-state index contributed by atoms with van der Waals surface area (Å²) in [5.41, 5.74) is 2.54. The highest BCUT2D eigenvalue weighted by Gasteiger charge is 2.69. The number of hydrogen-bond acceptors (Lipinski definition) is 4. The lowest BCUT2D eigenvalue weighted by atomic mass is 9.51. The third-order valence-electron chi connectivity index (χ3n) is 10.5. The van der Waals surface area contributed by atoms with Gasteiger partial charge in [0.2, 0.25) is 5.91 Å². The molecule has 3 fully saturated rings. The van der Waals surface area contributed by atoms with E-state index in [9.17, 15) is 13.2 Å². The fraction of sp³-hybridized carbons (Fsp3) is 0.567. The van der Waals surface area contributed by atoms with E-state index in [0.29, 0.717) is 24.5 Å². The van der Waals surface area contributed by atoms with E-state index < -0.39 is 18.3 Å². The summed E-state index contributed by atoms with van der Waals surface area (Å²) in [6, 6.07) is 14.8. The van der Waals surface area contributed by atoms with Crippen LogP contribution in [0.5, 0.6) is 0 Å². The highest BCUT2D eigenvalue weighted by Crippen LogP contribution is 2.64. The minimum absolute atomic E-state index is 0.0708. The molecule has 2 saturated heterocycles. The van der Waals surface area contributed by atoms with E-state index >= 15 is 0 Å². The smallest absolute Gasteiger partial charge is 0.264 e. The van der Waals surface area contributed by atoms with Crippen LogP contribution >= 0.6 is 0 Å². The Balaban J connectivity index is 1.52. The molecule has 4 aliphatic rings. The maximum Gasteiger partial charge on any atom is 0.264 e. The van der Waals surface area contributed by atoms with Gasteiger partial charge in [-0.3, -0.25) is 9.10 Å². The molecule has 3 aliphatic heterocycles. The number of sulfonamides is 1. The van der Waals surface area contributed by atoms with Crippen LogP contribution in [0.3, 0.4) is 0 Å². The van der Waals surface area contributed by atoms with Crippen molar-refractivity contribution in [2.75, 3.05) is 17.5 Å². The van der Waals surface area contributed by atoms with Crippen molar-refractivity contribution < 1.29 is 17.6 Å². The second kappa shape index (κ2) is 8.42. The van der Waals surface area contributed by atoms with Crippen molar-refractivity contribution in [2.24, 2.45) is 11.8 Å². The molecule has 3 bridgehead atoms. The van der Waals surface area contributed by atoms with E-state index in [1.165, 1.54) is 0 Å². The number of para-hydroxylation sites is 1. The zero-order chi connectivity index (χ0) is 27.3. The molecule has 0 spiro atoms. The number of aryl methyl sites for hydroxylation is 1. The van der Waals surface area contributed by atoms with Crippen LogP contribution in [0.1, 0.15) is 51.2 Å². The molecule has 1 amide bonds. The fourth-order valence-corrected chi connectivity index (χ4v) is 10.3. The normalized spacial score (nSPS) is 30.4. The van der Waals surface area contributed by atoms with Crippen molar-refractivity contribution in [3.63, 3.8) is 0 Å². The van der Waals surface area contributed by atoms with Gasteiger partial charge in [0.1, 0.15) is 0 Å². The summed E-state index contributed by atoms with van der Waals surface area (Å²) in [6.07, 6.45) is 2.12. The number of carbonyl (C=O) groups excluding carboxylic acids is 1. The Bertz CT molecular complexity index is 1380. The molecule has 0 N–H and O–H groups in total. The van der Waals surface area contributed by atoms with Gasteiger partial charge in [0, 0.05) is 25.0 Å². The molecule has 2 aromatic rings. The van der Waals surface area contributed by atoms with Crippen LogP contribution in [0.15, 0.2) is 53.4 Å². The van der Waals surface area contributed by atoms with Crippen LogP contribution in [0.2, 0.25) is 18.1 Å². The van der Waals surface area contributed by atoms with Gasteiger partial charge in [-0.1, -0.05) is 56.7 Å². The van der Waals surface area contributed by atoms with Gasteiger partial charge in [0.15, 0.2) is 8.32 Å². The second-order valence-corrected chi connectivity index (χ2v) is 20.0. The summed E-state index contributed by atoms with van der Waals surface area (Å²) in [6.45, 7) is 14.5. The predicted molar refractivity (Wildman–Crippen MR) is 152 cm³/mol. The third-order valence-corrected chi connectivity index (χ3v) is 16.8. The molecule has 5 atom stereocenters. The lowest BCUT2D eigenvalue weighted by molar-refractivity contribution is -0.155. The summed E-state index contributed by atoms with van der Waals surface area (Å²) in [4.78, 5) is 15.7. The van der Waals surface area contributed by atoms with E-state index in [1.807, 2.05) is 42.2 Å². The largest absolute Gasteiger partial charge is 0.417 e. The van der Waals surface area contributed by atoms with Crippen molar-refractivity contribution >= 4 is 29.9 Å². The molecule has 204 valence electrons. The van der Waals surface area contributed by atoms with E-state index in [4.69, 9.17) is 4.43 Å². The topological polar surface area (TPSA) is 66.9 Å². The lowest BCUT2D eigenvalue weighted by Crippen LogP contribution is -2.73. The average Bonchev–Trinajstić information content (AvgIpc) is 3.16. The fourth-order valence-electron chi connectivity index (χ4n) is 7.54. The molecular weight excluding hydrogens is 512 g/mol. The van der Waals surface area contributed by atoms with Gasteiger partial charge in [-0.15, -0.1) is 0 Å². The Morgan fingerprint density at radius 3 is 2.45 bits per heavy atom. The molecule has 0 aromatic heterocycles. The van der Waals surface area contributed by atoms with Crippen molar-refractivity contribution in [3.8, 4) is 0 Å². The van der Waals surface area contributed by atoms with Crippen LogP contribution < -0.4 is 4.31 Å². The Morgan fingerprint density at radius 1 is 1.08 bits per heavy atom. The number of anilines is 1. The molecule has 38 heavy (non-hydrogen) atoms. The van der Waals surface area contributed by atoms with Gasteiger partial charge >= 0.3 is 0 Å². The van der Waals surface area contributed by atoms with Gasteiger partial charge < -0.3 is 9.33 Å². The maximum absolute atomic E-state index is 14.4. The SMILES string of the molecule is Cc1ccc(S(=O)(=O)N2c3ccccc3[C@]34CCN5C(=O)C[C@H](C[C@H]5[C@H]23)[C@@H]4CO[Si](C)(C)C(C)(C)C)cc1. The van der Waals surface area contributed by atoms with Gasteiger partial charge in [-0.25, -0.2) is 8.42 Å². The highest BCUT2D eigenvalue weighted by atomic mass is 32.2. The minimum atomic E-state index is -3.85. The molecule has 8 heteroatoms. The van der Waals surface area contributed by atoms with E-state index in [-0.39, 0.29) is 40.3 Å². The number of carbonyl (C=O) groups is 1. The first-order valence-electron chi connectivity index (χ1n) is 13.9. The first kappa shape index (κ1) is 26.1. The number of amides is 1. The monoisotopic (exact) mass is 552 g/mol. The van der Waals surface area contributed by atoms with E-state index in [2.05, 4.69) is 39.9 Å². The highest BCUT2D eigenvalue weighted by molar-refractivity contribution is 7.93. The zero-order valence-electron chi connectivity index (χ0n) is 23.4. The van der Waals surface area contributed by atoms with Crippen LogP contribution in [-0.4, -0.2) is 52.8 Å². The van der Waals surface area contributed by atoms with Crippen molar-refractivity contribution in [1.29, 1.82) is 0 Å². The summed E-state index contributed by atoms with van der Waals surface area (Å²) >= 11 is 0. The molecule has 2 aromatic carbocycles. The predicted octanol–water partition coefficient (Wildman–Crippen LogP) is 5.47. The zero-order valence-corrected chi connectivity index (χ0v) is 25.2. The van der Waals surface area contributed by atoms with Crippen LogP contribution in [0.25, 0.3) is 0 Å². The first-order chi connectivity index (χ1) is 17.8. The quantitative estimate of drug-likeness (QED) is 0.461. The van der Waals surface area contributed by atoms with Gasteiger partial charge in [0.05, 0.1) is 22.7 Å². The molecule has 1 saturated carbocycles. The molecule has 6 nitrogen and oxygen atoms in total. The Morgan fingerprint density at radius 2 is 1.76 bits per heavy atom. The van der Waals surface area contributed by atoms with Crippen LogP contribution in [-0.2, 0) is 24.7 Å². The summed E-state index contributed by atoms with van der Waals surface area (Å²) < 4.78 is 37.5. The molecule has 0 radical (unpaired) electrons. The van der Waals surface area contributed by atoms with Crippen molar-refractivity contribution in [3.05, 3.63) is 59.7 Å².